The Kier molecular flexibility index (Phi) is 2.92. The molecule has 0 aliphatic rings. The minimum atomic E-state index is 0.783. The first-order chi connectivity index (χ1) is 5.63. The molecule has 0 unspecified atom stereocenters. The zero-order chi connectivity index (χ0) is 9.14. The van der Waals surface area contributed by atoms with E-state index in [2.05, 4.69) is 20.9 Å². The lowest BCUT2D eigenvalue weighted by Gasteiger charge is -2.12. The first-order valence-electron chi connectivity index (χ1n) is 3.52. The third-order valence-corrected chi connectivity index (χ3v) is 1.85. The van der Waals surface area contributed by atoms with Crippen LogP contribution in [0.5, 0.6) is 5.75 Å². The number of halogens is 1. The predicted molar refractivity (Wildman–Crippen MR) is 52.8 cm³/mol. The molecule has 4 heteroatoms. The summed E-state index contributed by atoms with van der Waals surface area (Å²) in [7, 11) is 5.52. The van der Waals surface area contributed by atoms with E-state index in [9.17, 15) is 0 Å². The van der Waals surface area contributed by atoms with Crippen molar-refractivity contribution >= 4 is 21.7 Å². The van der Waals surface area contributed by atoms with E-state index in [1.165, 1.54) is 0 Å². The molecular weight excluding hydrogens is 220 g/mol. The van der Waals surface area contributed by atoms with Gasteiger partial charge >= 0.3 is 0 Å². The fraction of sp³-hybridized carbons (Fsp3) is 0.375. The number of nitrogens with zero attached hydrogens (tertiary/aromatic N) is 2. The summed E-state index contributed by atoms with van der Waals surface area (Å²) in [5, 5.41) is 0. The second kappa shape index (κ2) is 3.76. The summed E-state index contributed by atoms with van der Waals surface area (Å²) in [5.41, 5.74) is 0. The van der Waals surface area contributed by atoms with E-state index in [0.717, 1.165) is 16.2 Å². The molecule has 12 heavy (non-hydrogen) atoms. The summed E-state index contributed by atoms with van der Waals surface area (Å²) in [6.45, 7) is 0. The number of anilines is 1. The highest BCUT2D eigenvalue weighted by atomic mass is 79.9. The van der Waals surface area contributed by atoms with Gasteiger partial charge in [-0.05, 0) is 15.9 Å². The van der Waals surface area contributed by atoms with Crippen molar-refractivity contribution in [2.45, 2.75) is 0 Å². The third kappa shape index (κ3) is 2.11. The Morgan fingerprint density at radius 2 is 2.08 bits per heavy atom. The molecule has 1 aromatic rings. The zero-order valence-electron chi connectivity index (χ0n) is 7.34. The van der Waals surface area contributed by atoms with Crippen LogP contribution in [0.4, 0.5) is 5.82 Å². The van der Waals surface area contributed by atoms with E-state index >= 15 is 0 Å². The van der Waals surface area contributed by atoms with Gasteiger partial charge in [0, 0.05) is 26.2 Å². The quantitative estimate of drug-likeness (QED) is 0.727. The summed E-state index contributed by atoms with van der Waals surface area (Å²) in [4.78, 5) is 6.17. The van der Waals surface area contributed by atoms with Crippen LogP contribution in [-0.2, 0) is 0 Å². The van der Waals surface area contributed by atoms with E-state index < -0.39 is 0 Å². The number of aromatic nitrogens is 1. The Balaban J connectivity index is 3.06. The molecule has 0 radical (unpaired) electrons. The van der Waals surface area contributed by atoms with Gasteiger partial charge in [0.1, 0.15) is 16.2 Å². The van der Waals surface area contributed by atoms with Crippen molar-refractivity contribution in [3.8, 4) is 5.75 Å². The topological polar surface area (TPSA) is 25.4 Å². The van der Waals surface area contributed by atoms with Gasteiger partial charge in [-0.3, -0.25) is 0 Å². The van der Waals surface area contributed by atoms with Gasteiger partial charge in [0.25, 0.3) is 0 Å². The Morgan fingerprint density at radius 3 is 2.58 bits per heavy atom. The van der Waals surface area contributed by atoms with Crippen LogP contribution >= 0.6 is 15.9 Å². The number of methoxy groups -OCH3 is 1. The average molecular weight is 231 g/mol. The molecule has 0 amide bonds. The standard InChI is InChI=1S/C8H11BrN2O/c1-11(2)8-5-6(12-3)4-7(9)10-8/h4-5H,1-3H3. The molecule has 3 nitrogen and oxygen atoms in total. The molecule has 1 rings (SSSR count). The van der Waals surface area contributed by atoms with E-state index in [-0.39, 0.29) is 0 Å². The van der Waals surface area contributed by atoms with E-state index in [1.807, 2.05) is 31.1 Å². The number of rotatable bonds is 2. The molecule has 1 aromatic heterocycles. The fourth-order valence-electron chi connectivity index (χ4n) is 0.807. The fourth-order valence-corrected chi connectivity index (χ4v) is 1.21. The second-order valence-corrected chi connectivity index (χ2v) is 3.39. The summed E-state index contributed by atoms with van der Waals surface area (Å²) in [5.74, 6) is 1.68. The van der Waals surface area contributed by atoms with Crippen molar-refractivity contribution in [3.05, 3.63) is 16.7 Å². The van der Waals surface area contributed by atoms with E-state index in [4.69, 9.17) is 4.74 Å². The van der Waals surface area contributed by atoms with Crippen molar-refractivity contribution in [1.82, 2.24) is 4.98 Å². The van der Waals surface area contributed by atoms with Gasteiger partial charge in [-0.1, -0.05) is 0 Å². The smallest absolute Gasteiger partial charge is 0.133 e. The van der Waals surface area contributed by atoms with Crippen molar-refractivity contribution in [2.75, 3.05) is 26.1 Å². The van der Waals surface area contributed by atoms with Crippen molar-refractivity contribution in [1.29, 1.82) is 0 Å². The number of pyridine rings is 1. The monoisotopic (exact) mass is 230 g/mol. The molecule has 0 saturated heterocycles. The Labute approximate surface area is 80.5 Å². The van der Waals surface area contributed by atoms with Crippen LogP contribution in [0, 0.1) is 0 Å². The molecule has 0 fully saturated rings. The maximum absolute atomic E-state index is 5.09. The Hall–Kier alpha value is -0.770. The molecule has 0 bridgehead atoms. The molecule has 0 aliphatic heterocycles. The van der Waals surface area contributed by atoms with Gasteiger partial charge in [0.2, 0.25) is 0 Å². The Morgan fingerprint density at radius 1 is 1.42 bits per heavy atom. The van der Waals surface area contributed by atoms with Crippen LogP contribution in [-0.4, -0.2) is 26.2 Å². The molecule has 66 valence electrons. The van der Waals surface area contributed by atoms with Crippen LogP contribution in [0.1, 0.15) is 0 Å². The lowest BCUT2D eigenvalue weighted by atomic mass is 10.4. The lowest BCUT2D eigenvalue weighted by molar-refractivity contribution is 0.414. The van der Waals surface area contributed by atoms with Gasteiger partial charge in [-0.25, -0.2) is 4.98 Å². The van der Waals surface area contributed by atoms with Crippen LogP contribution in [0.2, 0.25) is 0 Å². The van der Waals surface area contributed by atoms with E-state index in [0.29, 0.717) is 0 Å². The lowest BCUT2D eigenvalue weighted by Crippen LogP contribution is -2.10. The Bertz CT molecular complexity index is 276. The van der Waals surface area contributed by atoms with Crippen LogP contribution in [0.3, 0.4) is 0 Å². The summed E-state index contributed by atoms with van der Waals surface area (Å²) < 4.78 is 5.87. The highest BCUT2D eigenvalue weighted by Gasteiger charge is 2.01. The number of hydrogen-bond donors (Lipinski definition) is 0. The average Bonchev–Trinajstić information content (AvgIpc) is 2.03. The molecular formula is C8H11BrN2O. The van der Waals surface area contributed by atoms with Gasteiger partial charge < -0.3 is 9.64 Å². The first kappa shape index (κ1) is 9.32. The summed E-state index contributed by atoms with van der Waals surface area (Å²) in [6.07, 6.45) is 0. The number of hydrogen-bond acceptors (Lipinski definition) is 3. The maximum atomic E-state index is 5.09. The molecule has 0 atom stereocenters. The SMILES string of the molecule is COc1cc(Br)nc(N(C)C)c1. The van der Waals surface area contributed by atoms with E-state index in [1.54, 1.807) is 7.11 Å². The zero-order valence-corrected chi connectivity index (χ0v) is 8.92. The first-order valence-corrected chi connectivity index (χ1v) is 4.31. The normalized spacial score (nSPS) is 9.67. The largest absolute Gasteiger partial charge is 0.497 e. The van der Waals surface area contributed by atoms with Crippen molar-refractivity contribution in [2.24, 2.45) is 0 Å². The predicted octanol–water partition coefficient (Wildman–Crippen LogP) is 1.92. The van der Waals surface area contributed by atoms with Gasteiger partial charge in [-0.15, -0.1) is 0 Å². The molecule has 0 spiro atoms. The molecule has 0 aliphatic carbocycles. The minimum absolute atomic E-state index is 0.783. The molecule has 0 N–H and O–H groups in total. The highest BCUT2D eigenvalue weighted by Crippen LogP contribution is 2.21. The van der Waals surface area contributed by atoms with Crippen molar-refractivity contribution < 1.29 is 4.74 Å². The van der Waals surface area contributed by atoms with Gasteiger partial charge in [0.15, 0.2) is 0 Å². The van der Waals surface area contributed by atoms with Crippen LogP contribution in [0.25, 0.3) is 0 Å². The summed E-state index contributed by atoms with van der Waals surface area (Å²) >= 11 is 3.30. The van der Waals surface area contributed by atoms with Crippen LogP contribution < -0.4 is 9.64 Å². The minimum Gasteiger partial charge on any atom is -0.497 e. The molecule has 0 saturated carbocycles. The maximum Gasteiger partial charge on any atom is 0.133 e. The summed E-state index contributed by atoms with van der Waals surface area (Å²) in [6, 6.07) is 3.71. The molecule has 1 heterocycles. The number of ether oxygens (including phenoxy) is 1. The van der Waals surface area contributed by atoms with Gasteiger partial charge in [0.05, 0.1) is 7.11 Å². The highest BCUT2D eigenvalue weighted by molar-refractivity contribution is 9.10. The second-order valence-electron chi connectivity index (χ2n) is 2.58. The van der Waals surface area contributed by atoms with Crippen LogP contribution in [0.15, 0.2) is 16.7 Å². The van der Waals surface area contributed by atoms with Crippen molar-refractivity contribution in [3.63, 3.8) is 0 Å². The third-order valence-electron chi connectivity index (χ3n) is 1.45. The van der Waals surface area contributed by atoms with Gasteiger partial charge in [-0.2, -0.15) is 0 Å². The molecule has 0 aromatic carbocycles.